The van der Waals surface area contributed by atoms with Gasteiger partial charge in [-0.15, -0.1) is 0 Å². The number of rotatable bonds is 6. The van der Waals surface area contributed by atoms with Gasteiger partial charge in [0, 0.05) is 23.6 Å². The van der Waals surface area contributed by atoms with Gasteiger partial charge in [-0.3, -0.25) is 4.79 Å². The van der Waals surface area contributed by atoms with Crippen LogP contribution in [0.3, 0.4) is 0 Å². The van der Waals surface area contributed by atoms with Crippen molar-refractivity contribution < 1.29 is 32.6 Å². The van der Waals surface area contributed by atoms with E-state index in [2.05, 4.69) is 4.98 Å². The molecular formula is C28H19ClF3N3O4. The molecule has 1 atom stereocenters. The Morgan fingerprint density at radius 3 is 2.49 bits per heavy atom. The highest BCUT2D eigenvalue weighted by molar-refractivity contribution is 6.33. The topological polar surface area (TPSA) is 104 Å². The van der Waals surface area contributed by atoms with E-state index in [4.69, 9.17) is 16.3 Å². The van der Waals surface area contributed by atoms with Crippen molar-refractivity contribution in [3.63, 3.8) is 0 Å². The zero-order chi connectivity index (χ0) is 28.5. The zero-order valence-corrected chi connectivity index (χ0v) is 21.2. The number of aromatic nitrogens is 1. The number of hydrogen-bond donors (Lipinski definition) is 1. The first-order valence-corrected chi connectivity index (χ1v) is 11.8. The average molecular weight is 554 g/mol. The Bertz CT molecular complexity index is 1650. The van der Waals surface area contributed by atoms with Crippen molar-refractivity contribution in [1.29, 1.82) is 5.26 Å². The minimum atomic E-state index is -4.65. The van der Waals surface area contributed by atoms with Crippen LogP contribution in [0, 0.1) is 11.3 Å². The number of alkyl halides is 3. The Hall–Kier alpha value is -4.62. The number of hydrogen-bond acceptors (Lipinski definition) is 5. The standard InChI is InChI=1S/C28H19ClF3N3O4/c1-15(27(37)38)39-24-9-4-3-8-23(24)35(2)26(36)16-10-11-21(29)19(12-16)25-17(14-33)13-18-20(28(30,31)32)6-5-7-22(18)34-25/h3-13,15H,1-2H3,(H,37,38). The largest absolute Gasteiger partial charge is 0.479 e. The molecule has 1 heterocycles. The predicted molar refractivity (Wildman–Crippen MR) is 139 cm³/mol. The maximum absolute atomic E-state index is 13.5. The third-order valence-corrected chi connectivity index (χ3v) is 6.27. The quantitative estimate of drug-likeness (QED) is 0.289. The first kappa shape index (κ1) is 27.4. The molecule has 0 saturated heterocycles. The number of ether oxygens (including phenoxy) is 1. The molecule has 0 saturated carbocycles. The molecule has 0 aliphatic heterocycles. The fourth-order valence-electron chi connectivity index (χ4n) is 3.95. The van der Waals surface area contributed by atoms with Gasteiger partial charge in [0.1, 0.15) is 11.8 Å². The molecule has 0 fully saturated rings. The number of carboxylic acid groups (broad SMARTS) is 1. The minimum absolute atomic E-state index is 0.00219. The molecule has 0 aliphatic carbocycles. The third-order valence-electron chi connectivity index (χ3n) is 5.94. The second-order valence-electron chi connectivity index (χ2n) is 8.49. The fraction of sp³-hybridized carbons (Fsp3) is 0.143. The van der Waals surface area contributed by atoms with Crippen molar-refractivity contribution in [3.8, 4) is 23.1 Å². The van der Waals surface area contributed by atoms with Crippen molar-refractivity contribution in [3.05, 3.63) is 88.4 Å². The Labute approximate surface area is 225 Å². The molecule has 4 aromatic rings. The van der Waals surface area contributed by atoms with Crippen molar-refractivity contribution in [1.82, 2.24) is 4.98 Å². The predicted octanol–water partition coefficient (Wildman–Crippen LogP) is 6.57. The Morgan fingerprint density at radius 1 is 1.10 bits per heavy atom. The highest BCUT2D eigenvalue weighted by Gasteiger charge is 2.33. The molecule has 1 unspecified atom stereocenters. The van der Waals surface area contributed by atoms with Crippen LogP contribution in [-0.4, -0.2) is 35.1 Å². The number of aliphatic carboxylic acids is 1. The summed E-state index contributed by atoms with van der Waals surface area (Å²) < 4.78 is 46.1. The summed E-state index contributed by atoms with van der Waals surface area (Å²) in [6.45, 7) is 1.35. The average Bonchev–Trinajstić information content (AvgIpc) is 2.91. The number of carbonyl (C=O) groups is 2. The Balaban J connectivity index is 1.78. The number of anilines is 1. The molecule has 0 bridgehead atoms. The molecule has 198 valence electrons. The summed E-state index contributed by atoms with van der Waals surface area (Å²) in [7, 11) is 1.47. The lowest BCUT2D eigenvalue weighted by Crippen LogP contribution is -2.28. The molecule has 11 heteroatoms. The molecule has 3 aromatic carbocycles. The van der Waals surface area contributed by atoms with E-state index in [1.165, 1.54) is 55.3 Å². The normalized spacial score (nSPS) is 12.0. The van der Waals surface area contributed by atoms with E-state index in [0.29, 0.717) is 5.69 Å². The van der Waals surface area contributed by atoms with Crippen molar-refractivity contribution in [2.45, 2.75) is 19.2 Å². The second-order valence-corrected chi connectivity index (χ2v) is 8.90. The third kappa shape index (κ3) is 5.49. The van der Waals surface area contributed by atoms with Crippen LogP contribution in [0.5, 0.6) is 5.75 Å². The van der Waals surface area contributed by atoms with Crippen LogP contribution in [0.4, 0.5) is 18.9 Å². The number of fused-ring (bicyclic) bond motifs is 1. The number of para-hydroxylation sites is 2. The molecule has 1 N–H and O–H groups in total. The van der Waals surface area contributed by atoms with Crippen molar-refractivity contribution in [2.24, 2.45) is 0 Å². The number of nitrogens with zero attached hydrogens (tertiary/aromatic N) is 3. The molecule has 39 heavy (non-hydrogen) atoms. The first-order valence-electron chi connectivity index (χ1n) is 11.4. The van der Waals surface area contributed by atoms with Gasteiger partial charge in [0.2, 0.25) is 0 Å². The van der Waals surface area contributed by atoms with Crippen LogP contribution in [-0.2, 0) is 11.0 Å². The molecule has 7 nitrogen and oxygen atoms in total. The lowest BCUT2D eigenvalue weighted by molar-refractivity contribution is -0.144. The maximum Gasteiger partial charge on any atom is 0.417 e. The van der Waals surface area contributed by atoms with E-state index in [9.17, 15) is 33.1 Å². The van der Waals surface area contributed by atoms with Crippen LogP contribution in [0.2, 0.25) is 5.02 Å². The van der Waals surface area contributed by atoms with Gasteiger partial charge in [-0.25, -0.2) is 9.78 Å². The smallest absolute Gasteiger partial charge is 0.417 e. The molecule has 0 spiro atoms. The van der Waals surface area contributed by atoms with E-state index >= 15 is 0 Å². The van der Waals surface area contributed by atoms with Crippen molar-refractivity contribution in [2.75, 3.05) is 11.9 Å². The molecule has 0 radical (unpaired) electrons. The number of benzene rings is 3. The maximum atomic E-state index is 13.5. The van der Waals surface area contributed by atoms with Gasteiger partial charge in [0.25, 0.3) is 5.91 Å². The SMILES string of the molecule is CC(Oc1ccccc1N(C)C(=O)c1ccc(Cl)c(-c2nc3cccc(C(F)(F)F)c3cc2C#N)c1)C(=O)O. The van der Waals surface area contributed by atoms with Crippen LogP contribution < -0.4 is 9.64 Å². The number of halogens is 4. The van der Waals surface area contributed by atoms with E-state index in [1.807, 2.05) is 6.07 Å². The summed E-state index contributed by atoms with van der Waals surface area (Å²) in [6.07, 6.45) is -5.82. The van der Waals surface area contributed by atoms with Gasteiger partial charge in [-0.2, -0.15) is 18.4 Å². The van der Waals surface area contributed by atoms with E-state index in [1.54, 1.807) is 18.2 Å². The van der Waals surface area contributed by atoms with Gasteiger partial charge >= 0.3 is 12.1 Å². The van der Waals surface area contributed by atoms with E-state index < -0.39 is 29.7 Å². The molecule has 1 amide bonds. The van der Waals surface area contributed by atoms with Crippen LogP contribution in [0.25, 0.3) is 22.2 Å². The van der Waals surface area contributed by atoms with Gasteiger partial charge < -0.3 is 14.7 Å². The first-order chi connectivity index (χ1) is 18.4. The van der Waals surface area contributed by atoms with Gasteiger partial charge in [0.15, 0.2) is 6.10 Å². The monoisotopic (exact) mass is 553 g/mol. The molecule has 0 aliphatic rings. The summed E-state index contributed by atoms with van der Waals surface area (Å²) in [4.78, 5) is 30.2. The highest BCUT2D eigenvalue weighted by atomic mass is 35.5. The van der Waals surface area contributed by atoms with E-state index in [0.717, 1.165) is 12.1 Å². The number of carbonyl (C=O) groups excluding carboxylic acids is 1. The lowest BCUT2D eigenvalue weighted by atomic mass is 9.99. The highest BCUT2D eigenvalue weighted by Crippen LogP contribution is 2.38. The molecule has 4 rings (SSSR count). The summed E-state index contributed by atoms with van der Waals surface area (Å²) in [6, 6.07) is 17.2. The van der Waals surface area contributed by atoms with Crippen LogP contribution in [0.1, 0.15) is 28.4 Å². The number of nitriles is 1. The van der Waals surface area contributed by atoms with Gasteiger partial charge in [0.05, 0.1) is 33.0 Å². The van der Waals surface area contributed by atoms with Gasteiger partial charge in [-0.05, 0) is 55.5 Å². The second kappa shape index (κ2) is 10.6. The number of pyridine rings is 1. The van der Waals surface area contributed by atoms with Gasteiger partial charge in [-0.1, -0.05) is 29.8 Å². The molecule has 1 aromatic heterocycles. The summed E-state index contributed by atoms with van der Waals surface area (Å²) >= 11 is 6.40. The Kier molecular flexibility index (Phi) is 7.47. The summed E-state index contributed by atoms with van der Waals surface area (Å²) in [5, 5.41) is 18.8. The number of carboxylic acids is 1. The lowest BCUT2D eigenvalue weighted by Gasteiger charge is -2.22. The van der Waals surface area contributed by atoms with E-state index in [-0.39, 0.29) is 44.1 Å². The van der Waals surface area contributed by atoms with Crippen molar-refractivity contribution >= 4 is 40.1 Å². The minimum Gasteiger partial charge on any atom is -0.479 e. The summed E-state index contributed by atoms with van der Waals surface area (Å²) in [5.41, 5.74) is -0.448. The summed E-state index contributed by atoms with van der Waals surface area (Å²) in [5.74, 6) is -1.54. The van der Waals surface area contributed by atoms with Crippen LogP contribution in [0.15, 0.2) is 66.7 Å². The zero-order valence-electron chi connectivity index (χ0n) is 20.5. The number of amides is 1. The Morgan fingerprint density at radius 2 is 1.82 bits per heavy atom. The molecular weight excluding hydrogens is 535 g/mol. The van der Waals surface area contributed by atoms with Crippen LogP contribution >= 0.6 is 11.6 Å². The fourth-order valence-corrected chi connectivity index (χ4v) is 4.16.